The lowest BCUT2D eigenvalue weighted by molar-refractivity contribution is 0.452. The van der Waals surface area contributed by atoms with Gasteiger partial charge >= 0.3 is 5.63 Å². The van der Waals surface area contributed by atoms with E-state index in [0.29, 0.717) is 0 Å². The molecule has 0 aliphatic rings. The summed E-state index contributed by atoms with van der Waals surface area (Å²) in [6.07, 6.45) is 1.13. The van der Waals surface area contributed by atoms with Crippen LogP contribution in [-0.2, 0) is 0 Å². The maximum absolute atomic E-state index is 11.9. The van der Waals surface area contributed by atoms with Gasteiger partial charge in [0, 0.05) is 0 Å². The van der Waals surface area contributed by atoms with Gasteiger partial charge in [-0.1, -0.05) is 0 Å². The van der Waals surface area contributed by atoms with Crippen molar-refractivity contribution in [3.63, 3.8) is 0 Å². The lowest BCUT2D eigenvalue weighted by Gasteiger charge is -1.78. The molecule has 0 aliphatic heterocycles. The van der Waals surface area contributed by atoms with Crippen molar-refractivity contribution in [2.75, 3.05) is 0 Å². The average Bonchev–Trinajstić information content (AvgIpc) is 1.77. The standard InChI is InChI=1S/C5H3FO2/c6-4-2-1-3-8-5(4)7/h1-3H. The van der Waals surface area contributed by atoms with Crippen LogP contribution in [0.3, 0.4) is 0 Å². The fourth-order valence-corrected chi connectivity index (χ4v) is 0.349. The third kappa shape index (κ3) is 0.753. The molecule has 1 aromatic rings. The highest BCUT2D eigenvalue weighted by Gasteiger charge is 1.92. The van der Waals surface area contributed by atoms with Gasteiger partial charge in [-0.25, -0.2) is 4.79 Å². The van der Waals surface area contributed by atoms with Crippen molar-refractivity contribution in [3.8, 4) is 0 Å². The topological polar surface area (TPSA) is 30.2 Å². The Hall–Kier alpha value is -1.12. The highest BCUT2D eigenvalue weighted by atomic mass is 19.1. The van der Waals surface area contributed by atoms with E-state index >= 15 is 0 Å². The summed E-state index contributed by atoms with van der Waals surface area (Å²) in [5, 5.41) is 0. The minimum atomic E-state index is -0.924. The molecule has 1 aromatic heterocycles. The molecule has 0 fully saturated rings. The normalized spacial score (nSPS) is 9.12. The van der Waals surface area contributed by atoms with Gasteiger partial charge in [-0.15, -0.1) is 0 Å². The molecule has 0 bridgehead atoms. The van der Waals surface area contributed by atoms with Crippen molar-refractivity contribution in [1.82, 2.24) is 0 Å². The second-order valence-corrected chi connectivity index (χ2v) is 1.25. The summed E-state index contributed by atoms with van der Waals surface area (Å²) in [6, 6.07) is 2.36. The Labute approximate surface area is 44.6 Å². The average molecular weight is 114 g/mol. The van der Waals surface area contributed by atoms with Gasteiger partial charge in [-0.2, -0.15) is 4.39 Å². The predicted octanol–water partition coefficient (Wildman–Crippen LogP) is 0.779. The molecule has 0 radical (unpaired) electrons. The lowest BCUT2D eigenvalue weighted by Crippen LogP contribution is -2.00. The monoisotopic (exact) mass is 114 g/mol. The van der Waals surface area contributed by atoms with E-state index in [4.69, 9.17) is 0 Å². The summed E-state index contributed by atoms with van der Waals surface area (Å²) in [5.74, 6) is -0.854. The third-order valence-electron chi connectivity index (χ3n) is 0.691. The summed E-state index contributed by atoms with van der Waals surface area (Å²) in [4.78, 5) is 10.1. The maximum Gasteiger partial charge on any atom is 0.371 e. The molecular weight excluding hydrogens is 111 g/mol. The van der Waals surface area contributed by atoms with Gasteiger partial charge in [0.25, 0.3) is 0 Å². The lowest BCUT2D eigenvalue weighted by atomic mass is 10.5. The van der Waals surface area contributed by atoms with Crippen LogP contribution in [0.1, 0.15) is 0 Å². The smallest absolute Gasteiger partial charge is 0.371 e. The Morgan fingerprint density at radius 3 is 2.75 bits per heavy atom. The predicted molar refractivity (Wildman–Crippen MR) is 24.9 cm³/mol. The van der Waals surface area contributed by atoms with Gasteiger partial charge in [-0.05, 0) is 12.1 Å². The Bertz CT molecular complexity index is 228. The molecule has 0 N–H and O–H groups in total. The first-order valence-corrected chi connectivity index (χ1v) is 2.04. The van der Waals surface area contributed by atoms with Crippen LogP contribution < -0.4 is 5.63 Å². The SMILES string of the molecule is O=c1occcc1F. The molecule has 0 unspecified atom stereocenters. The number of hydrogen-bond donors (Lipinski definition) is 0. The molecule has 0 aliphatic carbocycles. The van der Waals surface area contributed by atoms with Crippen molar-refractivity contribution < 1.29 is 8.81 Å². The Morgan fingerprint density at radius 1 is 1.62 bits per heavy atom. The van der Waals surface area contributed by atoms with Crippen LogP contribution >= 0.6 is 0 Å². The molecule has 2 nitrogen and oxygen atoms in total. The number of halogens is 1. The quantitative estimate of drug-likeness (QED) is 0.498. The molecule has 1 rings (SSSR count). The first-order chi connectivity index (χ1) is 3.80. The third-order valence-corrected chi connectivity index (χ3v) is 0.691. The minimum Gasteiger partial charge on any atom is -0.429 e. The van der Waals surface area contributed by atoms with Crippen LogP contribution in [0.5, 0.6) is 0 Å². The fourth-order valence-electron chi connectivity index (χ4n) is 0.349. The Kier molecular flexibility index (Phi) is 1.12. The molecule has 0 saturated heterocycles. The second kappa shape index (κ2) is 1.78. The van der Waals surface area contributed by atoms with Crippen molar-refractivity contribution in [1.29, 1.82) is 0 Å². The van der Waals surface area contributed by atoms with E-state index in [1.807, 2.05) is 0 Å². The van der Waals surface area contributed by atoms with E-state index in [-0.39, 0.29) is 0 Å². The number of hydrogen-bond acceptors (Lipinski definition) is 2. The molecule has 3 heteroatoms. The van der Waals surface area contributed by atoms with Gasteiger partial charge in [-0.3, -0.25) is 0 Å². The second-order valence-electron chi connectivity index (χ2n) is 1.25. The summed E-state index contributed by atoms with van der Waals surface area (Å²) >= 11 is 0. The molecule has 0 spiro atoms. The van der Waals surface area contributed by atoms with E-state index in [9.17, 15) is 9.18 Å². The zero-order valence-corrected chi connectivity index (χ0v) is 3.93. The molecule has 8 heavy (non-hydrogen) atoms. The van der Waals surface area contributed by atoms with Gasteiger partial charge in [0.1, 0.15) is 0 Å². The minimum absolute atomic E-state index is 0.854. The first kappa shape index (κ1) is 5.03. The number of rotatable bonds is 0. The molecule has 0 amide bonds. The Morgan fingerprint density at radius 2 is 2.38 bits per heavy atom. The van der Waals surface area contributed by atoms with Crippen molar-refractivity contribution in [3.05, 3.63) is 34.6 Å². The zero-order valence-electron chi connectivity index (χ0n) is 3.93. The highest BCUT2D eigenvalue weighted by Crippen LogP contribution is 1.84. The molecular formula is C5H3FO2. The van der Waals surface area contributed by atoms with Gasteiger partial charge < -0.3 is 4.42 Å². The summed E-state index contributed by atoms with van der Waals surface area (Å²) in [6.45, 7) is 0. The zero-order chi connectivity index (χ0) is 5.98. The Balaban J connectivity index is 3.35. The van der Waals surface area contributed by atoms with Gasteiger partial charge in [0.05, 0.1) is 6.26 Å². The first-order valence-electron chi connectivity index (χ1n) is 2.04. The van der Waals surface area contributed by atoms with E-state index in [0.717, 1.165) is 12.3 Å². The van der Waals surface area contributed by atoms with Gasteiger partial charge in [0.15, 0.2) is 0 Å². The van der Waals surface area contributed by atoms with E-state index in [1.165, 1.54) is 6.07 Å². The summed E-state index contributed by atoms with van der Waals surface area (Å²) < 4.78 is 16.0. The van der Waals surface area contributed by atoms with E-state index < -0.39 is 11.4 Å². The van der Waals surface area contributed by atoms with Crippen LogP contribution in [0.4, 0.5) is 4.39 Å². The van der Waals surface area contributed by atoms with Crippen LogP contribution in [0.25, 0.3) is 0 Å². The van der Waals surface area contributed by atoms with Crippen LogP contribution in [-0.4, -0.2) is 0 Å². The van der Waals surface area contributed by atoms with Crippen molar-refractivity contribution in [2.45, 2.75) is 0 Å². The largest absolute Gasteiger partial charge is 0.429 e. The van der Waals surface area contributed by atoms with E-state index in [2.05, 4.69) is 4.42 Å². The molecule has 0 atom stereocenters. The fraction of sp³-hybridized carbons (Fsp3) is 0. The molecule has 1 heterocycles. The van der Waals surface area contributed by atoms with Crippen molar-refractivity contribution in [2.24, 2.45) is 0 Å². The summed E-state index contributed by atoms with van der Waals surface area (Å²) in [5.41, 5.74) is -0.924. The van der Waals surface area contributed by atoms with Crippen molar-refractivity contribution >= 4 is 0 Å². The maximum atomic E-state index is 11.9. The van der Waals surface area contributed by atoms with Crippen LogP contribution in [0.15, 0.2) is 27.6 Å². The van der Waals surface area contributed by atoms with Crippen LogP contribution in [0, 0.1) is 5.82 Å². The molecule has 0 aromatic carbocycles. The van der Waals surface area contributed by atoms with Crippen LogP contribution in [0.2, 0.25) is 0 Å². The molecule has 0 saturated carbocycles. The summed E-state index contributed by atoms with van der Waals surface area (Å²) in [7, 11) is 0. The van der Waals surface area contributed by atoms with E-state index in [1.54, 1.807) is 0 Å². The highest BCUT2D eigenvalue weighted by molar-refractivity contribution is 4.89. The van der Waals surface area contributed by atoms with Gasteiger partial charge in [0.2, 0.25) is 5.82 Å². The molecule has 42 valence electrons.